The molecule has 9 heteroatoms. The van der Waals surface area contributed by atoms with E-state index in [1.165, 1.54) is 0 Å². The highest BCUT2D eigenvalue weighted by molar-refractivity contribution is 5.81. The summed E-state index contributed by atoms with van der Waals surface area (Å²) in [5.41, 5.74) is -0.304. The molecule has 5 rings (SSSR count). The number of rotatable bonds is 4. The maximum absolute atomic E-state index is 12.3. The molecular weight excluding hydrogens is 394 g/mol. The Morgan fingerprint density at radius 1 is 1.40 bits per heavy atom. The Kier molecular flexibility index (Phi) is 3.99. The van der Waals surface area contributed by atoms with Gasteiger partial charge in [-0.15, -0.1) is 0 Å². The smallest absolute Gasteiger partial charge is 0.333 e. The first-order chi connectivity index (χ1) is 14.2. The molecule has 4 aliphatic rings. The van der Waals surface area contributed by atoms with Crippen molar-refractivity contribution in [3.63, 3.8) is 0 Å². The number of carboxylic acids is 1. The highest BCUT2D eigenvalue weighted by Crippen LogP contribution is 2.65. The van der Waals surface area contributed by atoms with Crippen molar-refractivity contribution >= 4 is 11.9 Å². The molecule has 0 amide bonds. The predicted molar refractivity (Wildman–Crippen MR) is 101 cm³/mol. The fourth-order valence-electron chi connectivity index (χ4n) is 5.86. The number of esters is 1. The summed E-state index contributed by atoms with van der Waals surface area (Å²) >= 11 is 0. The average molecular weight is 417 g/mol. The molecule has 1 aromatic rings. The average Bonchev–Trinajstić information content (AvgIpc) is 3.04. The van der Waals surface area contributed by atoms with Gasteiger partial charge in [0.25, 0.3) is 0 Å². The molecule has 2 heterocycles. The van der Waals surface area contributed by atoms with Crippen LogP contribution in [0.15, 0.2) is 24.0 Å². The first-order valence-electron chi connectivity index (χ1n) is 9.95. The van der Waals surface area contributed by atoms with Gasteiger partial charge in [0, 0.05) is 18.0 Å². The number of carbonyl (C=O) groups excluding carboxylic acids is 1. The molecular formula is C21H23NO8. The Bertz CT molecular complexity index is 989. The summed E-state index contributed by atoms with van der Waals surface area (Å²) in [4.78, 5) is 25.2. The van der Waals surface area contributed by atoms with E-state index < -0.39 is 41.6 Å². The second kappa shape index (κ2) is 6.19. The van der Waals surface area contributed by atoms with E-state index in [2.05, 4.69) is 4.90 Å². The number of ether oxygens (including phenoxy) is 2. The van der Waals surface area contributed by atoms with Crippen LogP contribution in [-0.4, -0.2) is 74.7 Å². The predicted octanol–water partition coefficient (Wildman–Crippen LogP) is 0.0487. The molecule has 2 aliphatic heterocycles. The van der Waals surface area contributed by atoms with Gasteiger partial charge >= 0.3 is 11.9 Å². The van der Waals surface area contributed by atoms with Crippen LogP contribution in [0, 0.1) is 0 Å². The molecule has 0 aromatic heterocycles. The first kappa shape index (κ1) is 19.3. The molecule has 0 radical (unpaired) electrons. The van der Waals surface area contributed by atoms with Crippen LogP contribution in [0.5, 0.6) is 11.5 Å². The highest BCUT2D eigenvalue weighted by atomic mass is 16.6. The number of carbonyl (C=O) groups is 2. The lowest BCUT2D eigenvalue weighted by Gasteiger charge is -2.61. The molecule has 9 nitrogen and oxygen atoms in total. The van der Waals surface area contributed by atoms with E-state index in [-0.39, 0.29) is 24.0 Å². The van der Waals surface area contributed by atoms with Crippen molar-refractivity contribution in [3.05, 3.63) is 35.1 Å². The number of likely N-dealkylation sites (tertiary alicyclic amines) is 1. The molecule has 1 fully saturated rings. The highest BCUT2D eigenvalue weighted by Gasteiger charge is 2.72. The lowest BCUT2D eigenvalue weighted by Crippen LogP contribution is -2.74. The second-order valence-electron chi connectivity index (χ2n) is 8.63. The van der Waals surface area contributed by atoms with Crippen LogP contribution in [-0.2, 0) is 26.2 Å². The molecule has 1 aromatic carbocycles. The molecule has 30 heavy (non-hydrogen) atoms. The molecule has 1 saturated heterocycles. The number of carboxylic acid groups (broad SMARTS) is 1. The zero-order chi connectivity index (χ0) is 21.4. The molecule has 0 saturated carbocycles. The summed E-state index contributed by atoms with van der Waals surface area (Å²) in [6.45, 7) is 0.695. The lowest BCUT2D eigenvalue weighted by molar-refractivity contribution is -0.170. The first-order valence-corrected chi connectivity index (χ1v) is 9.95. The number of hydrogen-bond acceptors (Lipinski definition) is 8. The summed E-state index contributed by atoms with van der Waals surface area (Å²) in [6, 6.07) is 3.25. The Morgan fingerprint density at radius 3 is 2.90 bits per heavy atom. The summed E-state index contributed by atoms with van der Waals surface area (Å²) in [6.07, 6.45) is -0.421. The maximum Gasteiger partial charge on any atom is 0.333 e. The minimum atomic E-state index is -1.86. The molecule has 1 spiro atoms. The van der Waals surface area contributed by atoms with Gasteiger partial charge in [-0.2, -0.15) is 0 Å². The third-order valence-electron chi connectivity index (χ3n) is 7.23. The van der Waals surface area contributed by atoms with Gasteiger partial charge in [-0.25, -0.2) is 4.79 Å². The van der Waals surface area contributed by atoms with E-state index in [1.54, 1.807) is 12.1 Å². The lowest BCUT2D eigenvalue weighted by atomic mass is 9.50. The van der Waals surface area contributed by atoms with E-state index in [1.807, 2.05) is 13.1 Å². The number of phenols is 1. The topological polar surface area (TPSA) is 137 Å². The van der Waals surface area contributed by atoms with Crippen LogP contribution in [0.25, 0.3) is 0 Å². The quantitative estimate of drug-likeness (QED) is 0.501. The van der Waals surface area contributed by atoms with Crippen LogP contribution >= 0.6 is 0 Å². The summed E-state index contributed by atoms with van der Waals surface area (Å²) in [5, 5.41) is 40.7. The van der Waals surface area contributed by atoms with E-state index in [9.17, 15) is 24.9 Å². The van der Waals surface area contributed by atoms with Gasteiger partial charge < -0.3 is 34.8 Å². The van der Waals surface area contributed by atoms with Crippen LogP contribution in [0.1, 0.15) is 30.4 Å². The number of nitrogens with zero attached hydrogens (tertiary/aromatic N) is 1. The molecule has 2 aliphatic carbocycles. The van der Waals surface area contributed by atoms with Crippen molar-refractivity contribution < 1.29 is 39.5 Å². The third-order valence-corrected chi connectivity index (χ3v) is 7.23. The van der Waals surface area contributed by atoms with Crippen LogP contribution in [0.2, 0.25) is 0 Å². The Labute approximate surface area is 172 Å². The van der Waals surface area contributed by atoms with Crippen molar-refractivity contribution in [2.75, 3.05) is 13.6 Å². The van der Waals surface area contributed by atoms with Crippen molar-refractivity contribution in [2.45, 2.75) is 54.9 Å². The number of piperidine rings is 1. The minimum Gasteiger partial charge on any atom is -0.504 e. The largest absolute Gasteiger partial charge is 0.504 e. The zero-order valence-electron chi connectivity index (χ0n) is 16.4. The van der Waals surface area contributed by atoms with E-state index >= 15 is 0 Å². The van der Waals surface area contributed by atoms with Crippen molar-refractivity contribution in [3.8, 4) is 11.5 Å². The normalized spacial score (nSPS) is 34.4. The Hall–Kier alpha value is -2.62. The SMILES string of the molecule is CN1CC[C@]23c4c5ccc(O)c4O[C@H]2C(OC(=O)CC(O)C(=O)O)=CC[C@@]3(O)[C@H]1C5. The number of phenolic OH excluding ortho intramolecular Hbond substituents is 1. The van der Waals surface area contributed by atoms with Gasteiger partial charge in [0.1, 0.15) is 5.76 Å². The molecule has 160 valence electrons. The van der Waals surface area contributed by atoms with E-state index in [0.717, 1.165) is 11.1 Å². The summed E-state index contributed by atoms with van der Waals surface area (Å²) < 4.78 is 11.6. The zero-order valence-corrected chi connectivity index (χ0v) is 16.4. The fourth-order valence-corrected chi connectivity index (χ4v) is 5.86. The van der Waals surface area contributed by atoms with Gasteiger partial charge in [0.15, 0.2) is 23.7 Å². The minimum absolute atomic E-state index is 0.0378. The number of benzene rings is 1. The van der Waals surface area contributed by atoms with Gasteiger partial charge in [-0.1, -0.05) is 6.07 Å². The third kappa shape index (κ3) is 2.28. The summed E-state index contributed by atoms with van der Waals surface area (Å²) in [7, 11) is 1.97. The molecule has 4 N–H and O–H groups in total. The van der Waals surface area contributed by atoms with Crippen LogP contribution in [0.3, 0.4) is 0 Å². The molecule has 2 bridgehead atoms. The van der Waals surface area contributed by atoms with E-state index in [4.69, 9.17) is 14.6 Å². The van der Waals surface area contributed by atoms with Gasteiger partial charge in [-0.05, 0) is 44.1 Å². The van der Waals surface area contributed by atoms with Crippen molar-refractivity contribution in [1.82, 2.24) is 4.90 Å². The number of aromatic hydroxyl groups is 1. The van der Waals surface area contributed by atoms with E-state index in [0.29, 0.717) is 25.1 Å². The number of aliphatic hydroxyl groups excluding tert-OH is 1. The van der Waals surface area contributed by atoms with Gasteiger partial charge in [0.05, 0.1) is 17.4 Å². The second-order valence-corrected chi connectivity index (χ2v) is 8.63. The van der Waals surface area contributed by atoms with Crippen LogP contribution < -0.4 is 4.74 Å². The fraction of sp³-hybridized carbons (Fsp3) is 0.524. The van der Waals surface area contributed by atoms with Crippen molar-refractivity contribution in [2.24, 2.45) is 0 Å². The standard InChI is InChI=1S/C21H23NO8/c1-22-7-6-20-16-10-2-3-11(23)17(16)30-18(20)13(4-5-21(20,28)14(22)8-10)29-15(25)9-12(24)19(26)27/h2-4,12,14,18,23-24,28H,5-9H2,1H3,(H,26,27)/t12?,14-,18+,20+,21-/m1/s1. The number of likely N-dealkylation sites (N-methyl/N-ethyl adjacent to an activating group) is 1. The molecule has 5 atom stereocenters. The maximum atomic E-state index is 12.3. The monoisotopic (exact) mass is 417 g/mol. The van der Waals surface area contributed by atoms with Gasteiger partial charge in [-0.3, -0.25) is 4.79 Å². The molecule has 1 unspecified atom stereocenters. The number of aliphatic carboxylic acids is 1. The summed E-state index contributed by atoms with van der Waals surface area (Å²) in [5.74, 6) is -1.98. The Balaban J connectivity index is 1.58. The number of aliphatic hydroxyl groups is 2. The Morgan fingerprint density at radius 2 is 2.17 bits per heavy atom. The van der Waals surface area contributed by atoms with Crippen LogP contribution in [0.4, 0.5) is 0 Å². The number of hydrogen-bond donors (Lipinski definition) is 4. The van der Waals surface area contributed by atoms with Gasteiger partial charge in [0.2, 0.25) is 0 Å². The van der Waals surface area contributed by atoms with Crippen molar-refractivity contribution in [1.29, 1.82) is 0 Å².